The minimum absolute atomic E-state index is 0.0846. The second-order valence-electron chi connectivity index (χ2n) is 7.65. The number of carbonyl (C=O) groups excluding carboxylic acids is 1. The molecule has 1 aromatic carbocycles. The second kappa shape index (κ2) is 8.45. The number of pyridine rings is 1. The number of nitrogens with zero attached hydrogens (tertiary/aromatic N) is 4. The third-order valence-electron chi connectivity index (χ3n) is 5.64. The Labute approximate surface area is 189 Å². The maximum atomic E-state index is 12.7. The lowest BCUT2D eigenvalue weighted by Gasteiger charge is -2.30. The summed E-state index contributed by atoms with van der Waals surface area (Å²) < 4.78 is 28.9. The van der Waals surface area contributed by atoms with Gasteiger partial charge in [0, 0.05) is 60.4 Å². The maximum absolute atomic E-state index is 12.7. The van der Waals surface area contributed by atoms with Crippen LogP contribution in [0.15, 0.2) is 71.5 Å². The Balaban J connectivity index is 1.19. The molecule has 164 valence electrons. The van der Waals surface area contributed by atoms with Gasteiger partial charge in [-0.1, -0.05) is 12.1 Å². The Morgan fingerprint density at radius 3 is 2.59 bits per heavy atom. The lowest BCUT2D eigenvalue weighted by molar-refractivity contribution is -0.120. The van der Waals surface area contributed by atoms with Crippen molar-refractivity contribution < 1.29 is 13.2 Å². The van der Waals surface area contributed by atoms with Crippen LogP contribution in [0.4, 0.5) is 5.69 Å². The first-order valence-electron chi connectivity index (χ1n) is 10.2. The number of sulfonamides is 1. The fraction of sp³-hybridized carbons (Fsp3) is 0.227. The van der Waals surface area contributed by atoms with Crippen molar-refractivity contribution in [3.8, 4) is 11.3 Å². The van der Waals surface area contributed by atoms with E-state index in [0.29, 0.717) is 31.6 Å². The first-order valence-corrected chi connectivity index (χ1v) is 12.6. The molecule has 0 radical (unpaired) electrons. The Morgan fingerprint density at radius 1 is 1.12 bits per heavy atom. The molecule has 0 bridgehead atoms. The normalized spacial score (nSPS) is 15.8. The molecule has 4 aromatic rings. The van der Waals surface area contributed by atoms with Crippen LogP contribution in [0.1, 0.15) is 12.8 Å². The van der Waals surface area contributed by atoms with Crippen molar-refractivity contribution >= 4 is 37.9 Å². The number of aromatic nitrogens is 3. The van der Waals surface area contributed by atoms with Crippen LogP contribution in [-0.2, 0) is 14.8 Å². The highest BCUT2D eigenvalue weighted by molar-refractivity contribution is 7.89. The number of carbonyl (C=O) groups is 1. The molecule has 0 saturated carbocycles. The monoisotopic (exact) mass is 467 g/mol. The first kappa shape index (κ1) is 20.8. The summed E-state index contributed by atoms with van der Waals surface area (Å²) in [5.41, 5.74) is 2.58. The van der Waals surface area contributed by atoms with Gasteiger partial charge in [-0.15, -0.1) is 11.3 Å². The SMILES string of the molecule is O=C(Nc1ccc(-c2cn3ccsc3n2)cc1)C1CCN(S(=O)(=O)c2cccnc2)CC1. The standard InChI is InChI=1S/C22H21N5O3S2/c28-21(17-7-10-27(11-8-17)32(29,30)19-2-1-9-23-14-19)24-18-5-3-16(4-6-18)20-15-26-12-13-31-22(26)25-20/h1-6,9,12-15,17H,7-8,10-11H2,(H,24,28). The molecule has 0 spiro atoms. The smallest absolute Gasteiger partial charge is 0.244 e. The van der Waals surface area contributed by atoms with Gasteiger partial charge in [-0.3, -0.25) is 14.2 Å². The Bertz CT molecular complexity index is 1310. The number of nitrogens with one attached hydrogen (secondary N) is 1. The molecule has 1 fully saturated rings. The van der Waals surface area contributed by atoms with Gasteiger partial charge in [0.05, 0.1) is 5.69 Å². The van der Waals surface area contributed by atoms with E-state index in [-0.39, 0.29) is 16.7 Å². The topological polar surface area (TPSA) is 96.7 Å². The van der Waals surface area contributed by atoms with Crippen molar-refractivity contribution in [2.45, 2.75) is 17.7 Å². The van der Waals surface area contributed by atoms with Gasteiger partial charge < -0.3 is 5.32 Å². The summed E-state index contributed by atoms with van der Waals surface area (Å²) in [7, 11) is -3.57. The van der Waals surface area contributed by atoms with Gasteiger partial charge in [0.25, 0.3) is 0 Å². The van der Waals surface area contributed by atoms with Crippen LogP contribution in [0.2, 0.25) is 0 Å². The average Bonchev–Trinajstić information content (AvgIpc) is 3.43. The minimum atomic E-state index is -3.57. The van der Waals surface area contributed by atoms with E-state index in [2.05, 4.69) is 15.3 Å². The lowest BCUT2D eigenvalue weighted by Crippen LogP contribution is -2.41. The van der Waals surface area contributed by atoms with Gasteiger partial charge in [0.15, 0.2) is 4.96 Å². The van der Waals surface area contributed by atoms with E-state index < -0.39 is 10.0 Å². The number of fused-ring (bicyclic) bond motifs is 1. The number of thiazole rings is 1. The number of hydrogen-bond donors (Lipinski definition) is 1. The van der Waals surface area contributed by atoms with Crippen LogP contribution in [0.5, 0.6) is 0 Å². The highest BCUT2D eigenvalue weighted by Gasteiger charge is 2.32. The van der Waals surface area contributed by atoms with Gasteiger partial charge >= 0.3 is 0 Å². The van der Waals surface area contributed by atoms with E-state index in [1.165, 1.54) is 16.6 Å². The van der Waals surface area contributed by atoms with Gasteiger partial charge in [-0.05, 0) is 37.1 Å². The summed E-state index contributed by atoms with van der Waals surface area (Å²) in [6.07, 6.45) is 7.80. The molecule has 8 nitrogen and oxygen atoms in total. The number of rotatable bonds is 5. The molecule has 1 saturated heterocycles. The number of amides is 1. The Morgan fingerprint density at radius 2 is 1.91 bits per heavy atom. The molecular weight excluding hydrogens is 446 g/mol. The Kier molecular flexibility index (Phi) is 5.50. The zero-order chi connectivity index (χ0) is 22.1. The van der Waals surface area contributed by atoms with Crippen molar-refractivity contribution in [1.29, 1.82) is 0 Å². The number of benzene rings is 1. The summed E-state index contributed by atoms with van der Waals surface area (Å²) >= 11 is 1.58. The summed E-state index contributed by atoms with van der Waals surface area (Å²) in [5.74, 6) is -0.311. The van der Waals surface area contributed by atoms with Crippen molar-refractivity contribution in [1.82, 2.24) is 18.7 Å². The van der Waals surface area contributed by atoms with Gasteiger partial charge in [0.1, 0.15) is 4.90 Å². The Hall–Kier alpha value is -3.08. The van der Waals surface area contributed by atoms with Crippen molar-refractivity contribution in [3.63, 3.8) is 0 Å². The van der Waals surface area contributed by atoms with E-state index in [0.717, 1.165) is 16.2 Å². The van der Waals surface area contributed by atoms with Crippen LogP contribution < -0.4 is 5.32 Å². The van der Waals surface area contributed by atoms with Gasteiger partial charge in [-0.2, -0.15) is 4.31 Å². The molecule has 10 heteroatoms. The number of imidazole rings is 1. The van der Waals surface area contributed by atoms with E-state index in [1.54, 1.807) is 23.6 Å². The summed E-state index contributed by atoms with van der Waals surface area (Å²) in [4.78, 5) is 22.3. The molecule has 1 N–H and O–H groups in total. The maximum Gasteiger partial charge on any atom is 0.244 e. The lowest BCUT2D eigenvalue weighted by atomic mass is 9.97. The predicted octanol–water partition coefficient (Wildman–Crippen LogP) is 3.50. The molecule has 0 atom stereocenters. The fourth-order valence-electron chi connectivity index (χ4n) is 3.84. The molecule has 32 heavy (non-hydrogen) atoms. The molecule has 0 unspecified atom stereocenters. The van der Waals surface area contributed by atoms with Gasteiger partial charge in [0.2, 0.25) is 15.9 Å². The summed E-state index contributed by atoms with van der Waals surface area (Å²) in [6.45, 7) is 0.622. The average molecular weight is 468 g/mol. The zero-order valence-electron chi connectivity index (χ0n) is 17.1. The number of piperidine rings is 1. The number of anilines is 1. The quantitative estimate of drug-likeness (QED) is 0.485. The molecule has 0 aliphatic carbocycles. The summed E-state index contributed by atoms with van der Waals surface area (Å²) in [6, 6.07) is 10.7. The van der Waals surface area contributed by atoms with Crippen LogP contribution in [-0.4, -0.2) is 46.1 Å². The van der Waals surface area contributed by atoms with Crippen LogP contribution in [0.25, 0.3) is 16.2 Å². The first-order chi connectivity index (χ1) is 15.5. The van der Waals surface area contributed by atoms with E-state index in [1.807, 2.05) is 46.4 Å². The molecule has 1 aliphatic heterocycles. The zero-order valence-corrected chi connectivity index (χ0v) is 18.7. The third-order valence-corrected chi connectivity index (χ3v) is 8.29. The predicted molar refractivity (Wildman–Crippen MR) is 123 cm³/mol. The van der Waals surface area contributed by atoms with Crippen LogP contribution in [0, 0.1) is 5.92 Å². The van der Waals surface area contributed by atoms with E-state index in [4.69, 9.17) is 0 Å². The molecule has 4 heterocycles. The van der Waals surface area contributed by atoms with Crippen molar-refractivity contribution in [2.24, 2.45) is 5.92 Å². The molecule has 1 amide bonds. The number of hydrogen-bond acceptors (Lipinski definition) is 6. The second-order valence-corrected chi connectivity index (χ2v) is 10.5. The third kappa shape index (κ3) is 4.04. The summed E-state index contributed by atoms with van der Waals surface area (Å²) in [5, 5.41) is 4.95. The van der Waals surface area contributed by atoms with Crippen molar-refractivity contribution in [3.05, 3.63) is 66.6 Å². The van der Waals surface area contributed by atoms with Crippen LogP contribution >= 0.6 is 11.3 Å². The largest absolute Gasteiger partial charge is 0.326 e. The fourth-order valence-corrected chi connectivity index (χ4v) is 5.98. The highest BCUT2D eigenvalue weighted by Crippen LogP contribution is 2.26. The van der Waals surface area contributed by atoms with Crippen LogP contribution in [0.3, 0.4) is 0 Å². The molecule has 1 aliphatic rings. The molecule has 5 rings (SSSR count). The highest BCUT2D eigenvalue weighted by atomic mass is 32.2. The van der Waals surface area contributed by atoms with E-state index >= 15 is 0 Å². The minimum Gasteiger partial charge on any atom is -0.326 e. The van der Waals surface area contributed by atoms with Crippen molar-refractivity contribution in [2.75, 3.05) is 18.4 Å². The van der Waals surface area contributed by atoms with E-state index in [9.17, 15) is 13.2 Å². The molecule has 3 aromatic heterocycles. The molecular formula is C22H21N5O3S2. The van der Waals surface area contributed by atoms with Gasteiger partial charge in [-0.25, -0.2) is 13.4 Å².